The highest BCUT2D eigenvalue weighted by Crippen LogP contribution is 2.24. The van der Waals surface area contributed by atoms with E-state index in [1.54, 1.807) is 17.5 Å². The molecular formula is C15H13N3OS2. The largest absolute Gasteiger partial charge is 0.321 e. The number of carbonyl (C=O) groups is 1. The van der Waals surface area contributed by atoms with Gasteiger partial charge < -0.3 is 5.32 Å². The van der Waals surface area contributed by atoms with Crippen molar-refractivity contribution in [1.29, 1.82) is 0 Å². The molecular weight excluding hydrogens is 302 g/mol. The van der Waals surface area contributed by atoms with Crippen molar-refractivity contribution >= 4 is 34.3 Å². The Morgan fingerprint density at radius 2 is 1.95 bits per heavy atom. The summed E-state index contributed by atoms with van der Waals surface area (Å²) in [6.07, 6.45) is 1.78. The molecule has 0 radical (unpaired) electrons. The summed E-state index contributed by atoms with van der Waals surface area (Å²) in [5, 5.41) is 6.72. The van der Waals surface area contributed by atoms with Crippen LogP contribution in [0.5, 0.6) is 0 Å². The number of amides is 1. The topological polar surface area (TPSA) is 54.9 Å². The molecule has 0 aliphatic heterocycles. The highest BCUT2D eigenvalue weighted by Gasteiger charge is 2.13. The number of carbonyl (C=O) groups excluding carboxylic acids is 1. The van der Waals surface area contributed by atoms with E-state index in [1.165, 1.54) is 11.3 Å². The number of rotatable bonds is 3. The Labute approximate surface area is 130 Å². The molecule has 21 heavy (non-hydrogen) atoms. The van der Waals surface area contributed by atoms with Gasteiger partial charge in [-0.15, -0.1) is 22.7 Å². The van der Waals surface area contributed by atoms with Crippen LogP contribution in [0.3, 0.4) is 0 Å². The fraction of sp³-hybridized carbons (Fsp3) is 0.133. The minimum atomic E-state index is -0.111. The molecule has 1 N–H and O–H groups in total. The molecule has 0 fully saturated rings. The Hall–Kier alpha value is -2.05. The van der Waals surface area contributed by atoms with Crippen LogP contribution in [-0.2, 0) is 0 Å². The van der Waals surface area contributed by atoms with Crippen LogP contribution in [0.15, 0.2) is 35.8 Å². The van der Waals surface area contributed by atoms with Gasteiger partial charge in [0, 0.05) is 22.8 Å². The molecule has 6 heteroatoms. The summed E-state index contributed by atoms with van der Waals surface area (Å²) in [4.78, 5) is 21.4. The van der Waals surface area contributed by atoms with Gasteiger partial charge in [-0.25, -0.2) is 9.97 Å². The van der Waals surface area contributed by atoms with Gasteiger partial charge in [-0.05, 0) is 38.1 Å². The summed E-state index contributed by atoms with van der Waals surface area (Å²) in [6.45, 7) is 3.75. The Kier molecular flexibility index (Phi) is 3.81. The lowest BCUT2D eigenvalue weighted by molar-refractivity contribution is 0.103. The Balaban J connectivity index is 1.76. The number of hydrogen-bond acceptors (Lipinski definition) is 5. The van der Waals surface area contributed by atoms with Crippen LogP contribution >= 0.6 is 22.7 Å². The van der Waals surface area contributed by atoms with Gasteiger partial charge in [-0.1, -0.05) is 0 Å². The van der Waals surface area contributed by atoms with E-state index < -0.39 is 0 Å². The molecule has 4 nitrogen and oxygen atoms in total. The highest BCUT2D eigenvalue weighted by molar-refractivity contribution is 7.14. The van der Waals surface area contributed by atoms with E-state index in [1.807, 2.05) is 43.5 Å². The molecule has 0 saturated carbocycles. The van der Waals surface area contributed by atoms with E-state index >= 15 is 0 Å². The standard InChI is InChI=1S/C15H13N3OS2/c1-9-13(21-10(2)17-9)14(19)18-12-5-3-11(4-6-12)15-16-7-8-20-15/h3-8H,1-2H3,(H,18,19). The van der Waals surface area contributed by atoms with Crippen molar-refractivity contribution in [2.24, 2.45) is 0 Å². The number of hydrogen-bond donors (Lipinski definition) is 1. The molecule has 0 saturated heterocycles. The number of aromatic nitrogens is 2. The number of anilines is 1. The Bertz CT molecular complexity index is 761. The maximum absolute atomic E-state index is 12.2. The van der Waals surface area contributed by atoms with Gasteiger partial charge in [0.1, 0.15) is 9.88 Å². The minimum absolute atomic E-state index is 0.111. The molecule has 3 rings (SSSR count). The summed E-state index contributed by atoms with van der Waals surface area (Å²) in [5.74, 6) is -0.111. The van der Waals surface area contributed by atoms with Gasteiger partial charge in [-0.2, -0.15) is 0 Å². The molecule has 0 spiro atoms. The van der Waals surface area contributed by atoms with Crippen molar-refractivity contribution in [2.45, 2.75) is 13.8 Å². The second-order valence-corrected chi connectivity index (χ2v) is 6.61. The lowest BCUT2D eigenvalue weighted by Crippen LogP contribution is -2.11. The van der Waals surface area contributed by atoms with Gasteiger partial charge >= 0.3 is 0 Å². The fourth-order valence-corrected chi connectivity index (χ4v) is 3.45. The predicted molar refractivity (Wildman–Crippen MR) is 87.1 cm³/mol. The molecule has 1 aromatic carbocycles. The first-order valence-electron chi connectivity index (χ1n) is 6.39. The van der Waals surface area contributed by atoms with Crippen molar-refractivity contribution in [1.82, 2.24) is 9.97 Å². The average molecular weight is 315 g/mol. The first kappa shape index (κ1) is 13.9. The molecule has 106 valence electrons. The molecule has 3 aromatic rings. The summed E-state index contributed by atoms with van der Waals surface area (Å²) >= 11 is 3.00. The minimum Gasteiger partial charge on any atom is -0.321 e. The predicted octanol–water partition coefficient (Wildman–Crippen LogP) is 4.14. The van der Waals surface area contributed by atoms with Crippen LogP contribution in [0.25, 0.3) is 10.6 Å². The second-order valence-electron chi connectivity index (χ2n) is 4.52. The van der Waals surface area contributed by atoms with Crippen LogP contribution in [0.4, 0.5) is 5.69 Å². The van der Waals surface area contributed by atoms with Crippen molar-refractivity contribution in [3.8, 4) is 10.6 Å². The van der Waals surface area contributed by atoms with E-state index in [0.29, 0.717) is 4.88 Å². The van der Waals surface area contributed by atoms with Crippen molar-refractivity contribution in [3.63, 3.8) is 0 Å². The van der Waals surface area contributed by atoms with Gasteiger partial charge in [-0.3, -0.25) is 4.79 Å². The number of thiazole rings is 2. The highest BCUT2D eigenvalue weighted by atomic mass is 32.1. The third-order valence-electron chi connectivity index (χ3n) is 2.93. The molecule has 2 aromatic heterocycles. The average Bonchev–Trinajstić information content (AvgIpc) is 3.09. The van der Waals surface area contributed by atoms with Gasteiger partial charge in [0.2, 0.25) is 0 Å². The lowest BCUT2D eigenvalue weighted by Gasteiger charge is -2.05. The van der Waals surface area contributed by atoms with Crippen LogP contribution in [-0.4, -0.2) is 15.9 Å². The number of nitrogens with one attached hydrogen (secondary N) is 1. The number of nitrogens with zero attached hydrogens (tertiary/aromatic N) is 2. The van der Waals surface area contributed by atoms with Crippen molar-refractivity contribution in [2.75, 3.05) is 5.32 Å². The zero-order valence-electron chi connectivity index (χ0n) is 11.6. The van der Waals surface area contributed by atoms with Gasteiger partial charge in [0.15, 0.2) is 0 Å². The van der Waals surface area contributed by atoms with Crippen molar-refractivity contribution < 1.29 is 4.79 Å². The van der Waals surface area contributed by atoms with Gasteiger partial charge in [0.25, 0.3) is 5.91 Å². The first-order valence-corrected chi connectivity index (χ1v) is 8.08. The van der Waals surface area contributed by atoms with Crippen LogP contribution in [0.2, 0.25) is 0 Å². The van der Waals surface area contributed by atoms with Crippen LogP contribution < -0.4 is 5.32 Å². The molecule has 0 atom stereocenters. The molecule has 0 unspecified atom stereocenters. The molecule has 0 bridgehead atoms. The van der Waals surface area contributed by atoms with E-state index in [9.17, 15) is 4.79 Å². The van der Waals surface area contributed by atoms with Crippen molar-refractivity contribution in [3.05, 3.63) is 51.4 Å². The third-order valence-corrected chi connectivity index (χ3v) is 4.83. The summed E-state index contributed by atoms with van der Waals surface area (Å²) in [6, 6.07) is 7.69. The maximum Gasteiger partial charge on any atom is 0.267 e. The lowest BCUT2D eigenvalue weighted by atomic mass is 10.2. The number of benzene rings is 1. The zero-order valence-corrected chi connectivity index (χ0v) is 13.2. The normalized spacial score (nSPS) is 10.6. The van der Waals surface area contributed by atoms with Crippen LogP contribution in [0, 0.1) is 13.8 Å². The quantitative estimate of drug-likeness (QED) is 0.790. The Morgan fingerprint density at radius 1 is 1.19 bits per heavy atom. The molecule has 0 aliphatic carbocycles. The zero-order chi connectivity index (χ0) is 14.8. The molecule has 2 heterocycles. The number of aryl methyl sites for hydroxylation is 2. The summed E-state index contributed by atoms with van der Waals surface area (Å²) in [5.41, 5.74) is 2.59. The first-order chi connectivity index (χ1) is 10.1. The van der Waals surface area contributed by atoms with E-state index in [-0.39, 0.29) is 5.91 Å². The third kappa shape index (κ3) is 3.01. The SMILES string of the molecule is Cc1nc(C)c(C(=O)Nc2ccc(-c3nccs3)cc2)s1. The molecule has 0 aliphatic rings. The Morgan fingerprint density at radius 3 is 2.52 bits per heavy atom. The van der Waals surface area contributed by atoms with Gasteiger partial charge in [0.05, 0.1) is 10.7 Å². The van der Waals surface area contributed by atoms with Crippen LogP contribution in [0.1, 0.15) is 20.4 Å². The smallest absolute Gasteiger partial charge is 0.267 e. The second kappa shape index (κ2) is 5.75. The maximum atomic E-state index is 12.2. The summed E-state index contributed by atoms with van der Waals surface area (Å²) in [7, 11) is 0. The summed E-state index contributed by atoms with van der Waals surface area (Å²) < 4.78 is 0. The van der Waals surface area contributed by atoms with E-state index in [2.05, 4.69) is 15.3 Å². The van der Waals surface area contributed by atoms with E-state index in [0.717, 1.165) is 27.0 Å². The molecule has 1 amide bonds. The van der Waals surface area contributed by atoms with E-state index in [4.69, 9.17) is 0 Å². The monoisotopic (exact) mass is 315 g/mol. The fourth-order valence-electron chi connectivity index (χ4n) is 1.99.